The van der Waals surface area contributed by atoms with Gasteiger partial charge in [0.05, 0.1) is 11.5 Å². The summed E-state index contributed by atoms with van der Waals surface area (Å²) in [5, 5.41) is 0. The number of hydrogen-bond acceptors (Lipinski definition) is 2. The van der Waals surface area contributed by atoms with Gasteiger partial charge in [-0.05, 0) is 30.2 Å². The number of hydrogen-bond donors (Lipinski definition) is 1. The van der Waals surface area contributed by atoms with Gasteiger partial charge in [-0.1, -0.05) is 24.3 Å². The number of primary amides is 1. The Kier molecular flexibility index (Phi) is 4.88. The Morgan fingerprint density at radius 1 is 1.13 bits per heavy atom. The number of halogens is 4. The van der Waals surface area contributed by atoms with Crippen LogP contribution in [0.3, 0.4) is 0 Å². The molecule has 0 aromatic heterocycles. The van der Waals surface area contributed by atoms with Crippen LogP contribution in [0.15, 0.2) is 36.4 Å². The molecule has 0 saturated carbocycles. The zero-order valence-electron chi connectivity index (χ0n) is 12.0. The van der Waals surface area contributed by atoms with Gasteiger partial charge in [-0.25, -0.2) is 8.78 Å². The Balaban J connectivity index is 2.71. The molecule has 0 aliphatic heterocycles. The number of carbonyl (C=O) groups excluding carboxylic acids is 1. The van der Waals surface area contributed by atoms with Crippen molar-refractivity contribution in [2.75, 3.05) is 0 Å². The molecule has 3 nitrogen and oxygen atoms in total. The summed E-state index contributed by atoms with van der Waals surface area (Å²) < 4.78 is 57.1. The van der Waals surface area contributed by atoms with E-state index in [0.717, 1.165) is 6.07 Å². The van der Waals surface area contributed by atoms with Crippen LogP contribution in [0.2, 0.25) is 0 Å². The summed E-state index contributed by atoms with van der Waals surface area (Å²) >= 11 is 0. The monoisotopic (exact) mass is 327 g/mol. The molecule has 122 valence electrons. The van der Waals surface area contributed by atoms with Crippen LogP contribution in [0.4, 0.5) is 17.6 Å². The molecule has 0 radical (unpaired) electrons. The highest BCUT2D eigenvalue weighted by Crippen LogP contribution is 2.37. The second-order valence-corrected chi connectivity index (χ2v) is 4.84. The maximum Gasteiger partial charge on any atom is 0.387 e. The molecule has 2 aromatic rings. The van der Waals surface area contributed by atoms with Crippen molar-refractivity contribution in [1.29, 1.82) is 0 Å². The first-order valence-electron chi connectivity index (χ1n) is 6.60. The normalized spacial score (nSPS) is 12.3. The summed E-state index contributed by atoms with van der Waals surface area (Å²) in [5.74, 6) is -5.84. The summed E-state index contributed by atoms with van der Waals surface area (Å²) in [6, 6.07) is 7.86. The topological polar surface area (TPSA) is 52.3 Å². The van der Waals surface area contributed by atoms with E-state index in [4.69, 9.17) is 5.73 Å². The number of rotatable bonds is 5. The van der Waals surface area contributed by atoms with Crippen LogP contribution in [0.5, 0.6) is 5.75 Å². The van der Waals surface area contributed by atoms with Gasteiger partial charge < -0.3 is 10.5 Å². The van der Waals surface area contributed by atoms with Crippen molar-refractivity contribution in [1.82, 2.24) is 0 Å². The van der Waals surface area contributed by atoms with Crippen molar-refractivity contribution in [2.24, 2.45) is 5.73 Å². The second-order valence-electron chi connectivity index (χ2n) is 4.84. The number of ether oxygens (including phenoxy) is 1. The van der Waals surface area contributed by atoms with Crippen LogP contribution in [-0.2, 0) is 4.79 Å². The molecule has 2 rings (SSSR count). The van der Waals surface area contributed by atoms with Gasteiger partial charge in [0.2, 0.25) is 5.91 Å². The van der Waals surface area contributed by atoms with Gasteiger partial charge in [0, 0.05) is 0 Å². The Hall–Kier alpha value is -2.57. The molecule has 1 atom stereocenters. The van der Waals surface area contributed by atoms with Crippen molar-refractivity contribution in [2.45, 2.75) is 19.5 Å². The van der Waals surface area contributed by atoms with E-state index in [1.165, 1.54) is 6.07 Å². The van der Waals surface area contributed by atoms with E-state index in [1.807, 2.05) is 0 Å². The van der Waals surface area contributed by atoms with Crippen LogP contribution in [-0.4, -0.2) is 12.5 Å². The summed E-state index contributed by atoms with van der Waals surface area (Å²) in [7, 11) is 0. The molecule has 0 aliphatic rings. The fourth-order valence-corrected chi connectivity index (χ4v) is 2.38. The molecule has 0 saturated heterocycles. The van der Waals surface area contributed by atoms with Crippen LogP contribution < -0.4 is 10.5 Å². The van der Waals surface area contributed by atoms with E-state index in [0.29, 0.717) is 11.6 Å². The van der Waals surface area contributed by atoms with E-state index in [2.05, 4.69) is 4.74 Å². The van der Waals surface area contributed by atoms with Gasteiger partial charge in [-0.2, -0.15) is 8.78 Å². The number of alkyl halides is 2. The Bertz CT molecular complexity index is 734. The minimum atomic E-state index is -3.26. The number of nitrogens with two attached hydrogens (primary N) is 1. The smallest absolute Gasteiger partial charge is 0.387 e. The number of benzene rings is 2. The van der Waals surface area contributed by atoms with Gasteiger partial charge >= 0.3 is 6.61 Å². The second kappa shape index (κ2) is 6.68. The quantitative estimate of drug-likeness (QED) is 0.855. The highest BCUT2D eigenvalue weighted by molar-refractivity contribution is 5.87. The molecule has 23 heavy (non-hydrogen) atoms. The molecular weight excluding hydrogens is 314 g/mol. The maximum absolute atomic E-state index is 14.2. The Labute approximate surface area is 129 Å². The Morgan fingerprint density at radius 2 is 1.78 bits per heavy atom. The lowest BCUT2D eigenvalue weighted by molar-refractivity contribution is -0.118. The summed E-state index contributed by atoms with van der Waals surface area (Å²) in [6.45, 7) is -1.63. The van der Waals surface area contributed by atoms with Crippen molar-refractivity contribution >= 4 is 5.91 Å². The zero-order valence-corrected chi connectivity index (χ0v) is 12.0. The summed E-state index contributed by atoms with van der Waals surface area (Å²) in [6.07, 6.45) is 0. The molecule has 1 amide bonds. The van der Waals surface area contributed by atoms with Gasteiger partial charge in [0.1, 0.15) is 5.75 Å². The molecule has 0 bridgehead atoms. The van der Waals surface area contributed by atoms with Crippen LogP contribution in [0, 0.1) is 18.6 Å². The fourth-order valence-electron chi connectivity index (χ4n) is 2.38. The van der Waals surface area contributed by atoms with Gasteiger partial charge in [-0.3, -0.25) is 4.79 Å². The highest BCUT2D eigenvalue weighted by Gasteiger charge is 2.31. The molecule has 2 N–H and O–H groups in total. The van der Waals surface area contributed by atoms with Crippen LogP contribution in [0.1, 0.15) is 22.6 Å². The molecule has 7 heteroatoms. The first-order valence-corrected chi connectivity index (χ1v) is 6.60. The number of carbonyl (C=O) groups is 1. The predicted octanol–water partition coefficient (Wildman–Crippen LogP) is 3.49. The van der Waals surface area contributed by atoms with Crippen LogP contribution in [0.25, 0.3) is 0 Å². The maximum atomic E-state index is 14.2. The van der Waals surface area contributed by atoms with Gasteiger partial charge in [0.25, 0.3) is 0 Å². The lowest BCUT2D eigenvalue weighted by atomic mass is 9.87. The molecule has 0 fully saturated rings. The summed E-state index contributed by atoms with van der Waals surface area (Å²) in [5.41, 5.74) is 5.52. The minimum absolute atomic E-state index is 0.281. The van der Waals surface area contributed by atoms with Gasteiger partial charge in [0.15, 0.2) is 11.6 Å². The minimum Gasteiger partial charge on any atom is -0.434 e. The molecule has 1 unspecified atom stereocenters. The first-order chi connectivity index (χ1) is 10.8. The van der Waals surface area contributed by atoms with E-state index in [9.17, 15) is 22.4 Å². The van der Waals surface area contributed by atoms with Crippen LogP contribution >= 0.6 is 0 Å². The lowest BCUT2D eigenvalue weighted by Gasteiger charge is -2.20. The SMILES string of the molecule is Cc1ccccc1C(C(N)=O)c1c(OC(F)F)ccc(F)c1F. The van der Waals surface area contributed by atoms with E-state index < -0.39 is 41.4 Å². The average molecular weight is 327 g/mol. The number of amides is 1. The fraction of sp³-hybridized carbons (Fsp3) is 0.188. The van der Waals surface area contributed by atoms with Crippen molar-refractivity contribution in [3.05, 3.63) is 64.7 Å². The van der Waals surface area contributed by atoms with Crippen molar-refractivity contribution < 1.29 is 27.1 Å². The first kappa shape index (κ1) is 16.8. The van der Waals surface area contributed by atoms with Crippen molar-refractivity contribution in [3.63, 3.8) is 0 Å². The van der Waals surface area contributed by atoms with Crippen molar-refractivity contribution in [3.8, 4) is 5.75 Å². The molecule has 2 aromatic carbocycles. The largest absolute Gasteiger partial charge is 0.434 e. The standard InChI is InChI=1S/C16H13F4NO2/c1-8-4-2-3-5-9(8)12(15(21)22)13-11(23-16(19)20)7-6-10(17)14(13)18/h2-7,12,16H,1H3,(H2,21,22). The molecule has 0 spiro atoms. The summed E-state index contributed by atoms with van der Waals surface area (Å²) in [4.78, 5) is 11.8. The lowest BCUT2D eigenvalue weighted by Crippen LogP contribution is -2.25. The third-order valence-corrected chi connectivity index (χ3v) is 3.38. The van der Waals surface area contributed by atoms with Gasteiger partial charge in [-0.15, -0.1) is 0 Å². The number of aryl methyl sites for hydroxylation is 1. The van der Waals surface area contributed by atoms with E-state index in [-0.39, 0.29) is 5.56 Å². The third kappa shape index (κ3) is 3.44. The Morgan fingerprint density at radius 3 is 2.35 bits per heavy atom. The molecular formula is C16H13F4NO2. The zero-order chi connectivity index (χ0) is 17.1. The molecule has 0 heterocycles. The highest BCUT2D eigenvalue weighted by atomic mass is 19.3. The predicted molar refractivity (Wildman–Crippen MR) is 75.2 cm³/mol. The average Bonchev–Trinajstić information content (AvgIpc) is 2.47. The third-order valence-electron chi connectivity index (χ3n) is 3.38. The molecule has 0 aliphatic carbocycles. The van der Waals surface area contributed by atoms with E-state index >= 15 is 0 Å². The van der Waals surface area contributed by atoms with E-state index in [1.54, 1.807) is 25.1 Å².